The number of ether oxygens (including phenoxy) is 2. The van der Waals surface area contributed by atoms with Crippen LogP contribution in [0.5, 0.6) is 5.75 Å². The Morgan fingerprint density at radius 3 is 2.45 bits per heavy atom. The first-order valence-electron chi connectivity index (χ1n) is 5.91. The number of anilines is 1. The topological polar surface area (TPSA) is 59.6 Å². The van der Waals surface area contributed by atoms with E-state index in [1.54, 1.807) is 0 Å². The maximum absolute atomic E-state index is 11.9. The van der Waals surface area contributed by atoms with Gasteiger partial charge in [0.1, 0.15) is 12.4 Å². The predicted octanol–water partition coefficient (Wildman–Crippen LogP) is 2.74. The Morgan fingerprint density at radius 1 is 1.25 bits per heavy atom. The third kappa shape index (κ3) is 6.83. The van der Waals surface area contributed by atoms with Gasteiger partial charge >= 0.3 is 12.5 Å². The Morgan fingerprint density at radius 2 is 1.90 bits per heavy atom. The maximum atomic E-state index is 11.9. The molecule has 0 saturated heterocycles. The summed E-state index contributed by atoms with van der Waals surface area (Å²) in [6.45, 7) is 3.42. The first-order chi connectivity index (χ1) is 9.40. The summed E-state index contributed by atoms with van der Waals surface area (Å²) in [5, 5.41) is 5.35. The Balaban J connectivity index is 2.39. The summed E-state index contributed by atoms with van der Waals surface area (Å²) in [5.41, 5.74) is 0.313. The zero-order valence-electron chi connectivity index (χ0n) is 10.8. The summed E-state index contributed by atoms with van der Waals surface area (Å²) >= 11 is 0. The summed E-state index contributed by atoms with van der Waals surface area (Å²) in [5.74, 6) is -0.358. The fourth-order valence-electron chi connectivity index (χ4n) is 1.29. The maximum Gasteiger partial charge on any atom is 0.573 e. The molecule has 0 unspecified atom stereocenters. The SMILES string of the molecule is CCNCCOC(=O)Nc1ccc(OC(F)(F)F)cc1. The summed E-state index contributed by atoms with van der Waals surface area (Å²) in [4.78, 5) is 11.3. The normalized spacial score (nSPS) is 11.0. The lowest BCUT2D eigenvalue weighted by Gasteiger charge is -2.10. The number of amides is 1. The number of likely N-dealkylation sites (N-methyl/N-ethyl adjacent to an activating group) is 1. The van der Waals surface area contributed by atoms with E-state index >= 15 is 0 Å². The monoisotopic (exact) mass is 292 g/mol. The molecule has 1 aromatic carbocycles. The van der Waals surface area contributed by atoms with E-state index in [-0.39, 0.29) is 12.4 Å². The van der Waals surface area contributed by atoms with E-state index in [0.29, 0.717) is 12.2 Å². The van der Waals surface area contributed by atoms with Gasteiger partial charge in [0.2, 0.25) is 0 Å². The van der Waals surface area contributed by atoms with Crippen LogP contribution in [-0.2, 0) is 4.74 Å². The van der Waals surface area contributed by atoms with Crippen molar-refractivity contribution < 1.29 is 27.4 Å². The van der Waals surface area contributed by atoms with Crippen LogP contribution >= 0.6 is 0 Å². The quantitative estimate of drug-likeness (QED) is 0.792. The van der Waals surface area contributed by atoms with Crippen LogP contribution in [0.1, 0.15) is 6.92 Å². The number of alkyl halides is 3. The molecule has 0 aromatic heterocycles. The molecule has 8 heteroatoms. The van der Waals surface area contributed by atoms with E-state index in [2.05, 4.69) is 15.4 Å². The van der Waals surface area contributed by atoms with Gasteiger partial charge in [-0.05, 0) is 30.8 Å². The van der Waals surface area contributed by atoms with Crippen LogP contribution in [0.15, 0.2) is 24.3 Å². The van der Waals surface area contributed by atoms with Crippen molar-refractivity contribution in [2.24, 2.45) is 0 Å². The molecular formula is C12H15F3N2O3. The second kappa shape index (κ2) is 7.59. The number of hydrogen-bond acceptors (Lipinski definition) is 4. The van der Waals surface area contributed by atoms with Gasteiger partial charge in [-0.1, -0.05) is 6.92 Å². The zero-order chi connectivity index (χ0) is 15.0. The number of halogens is 3. The van der Waals surface area contributed by atoms with Crippen molar-refractivity contribution in [1.82, 2.24) is 5.32 Å². The number of benzene rings is 1. The van der Waals surface area contributed by atoms with E-state index < -0.39 is 12.5 Å². The standard InChI is InChI=1S/C12H15F3N2O3/c1-2-16-7-8-19-11(18)17-9-3-5-10(6-4-9)20-12(13,14)15/h3-6,16H,2,7-8H2,1H3,(H,17,18). The van der Waals surface area contributed by atoms with Gasteiger partial charge in [0.15, 0.2) is 0 Å². The Hall–Kier alpha value is -1.96. The van der Waals surface area contributed by atoms with E-state index in [9.17, 15) is 18.0 Å². The summed E-state index contributed by atoms with van der Waals surface area (Å²) in [6.07, 6.45) is -5.41. The zero-order valence-corrected chi connectivity index (χ0v) is 10.8. The molecule has 0 heterocycles. The molecule has 5 nitrogen and oxygen atoms in total. The van der Waals surface area contributed by atoms with Crippen LogP contribution in [0.4, 0.5) is 23.7 Å². The van der Waals surface area contributed by atoms with Crippen LogP contribution < -0.4 is 15.4 Å². The average molecular weight is 292 g/mol. The number of rotatable bonds is 6. The van der Waals surface area contributed by atoms with Gasteiger partial charge in [0.25, 0.3) is 0 Å². The van der Waals surface area contributed by atoms with Gasteiger partial charge in [-0.25, -0.2) is 4.79 Å². The van der Waals surface area contributed by atoms with Crippen molar-refractivity contribution in [1.29, 1.82) is 0 Å². The van der Waals surface area contributed by atoms with Gasteiger partial charge in [-0.3, -0.25) is 5.32 Å². The Bertz CT molecular complexity index is 421. The van der Waals surface area contributed by atoms with Crippen molar-refractivity contribution in [3.05, 3.63) is 24.3 Å². The average Bonchev–Trinajstić information content (AvgIpc) is 2.35. The molecule has 1 amide bonds. The highest BCUT2D eigenvalue weighted by Crippen LogP contribution is 2.23. The minimum absolute atomic E-state index is 0.203. The molecule has 0 atom stereocenters. The summed E-state index contributed by atoms with van der Waals surface area (Å²) in [6, 6.07) is 4.77. The molecular weight excluding hydrogens is 277 g/mol. The first-order valence-corrected chi connectivity index (χ1v) is 5.91. The number of carbonyl (C=O) groups is 1. The van der Waals surface area contributed by atoms with E-state index in [1.807, 2.05) is 6.92 Å². The molecule has 0 spiro atoms. The van der Waals surface area contributed by atoms with Crippen LogP contribution in [0.2, 0.25) is 0 Å². The summed E-state index contributed by atoms with van der Waals surface area (Å²) in [7, 11) is 0. The summed E-state index contributed by atoms with van der Waals surface area (Å²) < 4.78 is 44.3. The van der Waals surface area contributed by atoms with Crippen molar-refractivity contribution in [3.63, 3.8) is 0 Å². The largest absolute Gasteiger partial charge is 0.573 e. The lowest BCUT2D eigenvalue weighted by atomic mass is 10.3. The number of carbonyl (C=O) groups excluding carboxylic acids is 1. The van der Waals surface area contributed by atoms with Gasteiger partial charge in [-0.2, -0.15) is 0 Å². The van der Waals surface area contributed by atoms with E-state index in [0.717, 1.165) is 18.7 Å². The van der Waals surface area contributed by atoms with Crippen LogP contribution in [0, 0.1) is 0 Å². The third-order valence-electron chi connectivity index (χ3n) is 2.10. The highest BCUT2D eigenvalue weighted by atomic mass is 19.4. The lowest BCUT2D eigenvalue weighted by molar-refractivity contribution is -0.274. The van der Waals surface area contributed by atoms with E-state index in [4.69, 9.17) is 4.74 Å². The fraction of sp³-hybridized carbons (Fsp3) is 0.417. The number of nitrogens with one attached hydrogen (secondary N) is 2. The molecule has 0 radical (unpaired) electrons. The second-order valence-electron chi connectivity index (χ2n) is 3.69. The first kappa shape index (κ1) is 16.1. The molecule has 0 saturated carbocycles. The molecule has 1 aromatic rings. The molecule has 20 heavy (non-hydrogen) atoms. The molecule has 0 bridgehead atoms. The van der Waals surface area contributed by atoms with Crippen molar-refractivity contribution in [2.75, 3.05) is 25.0 Å². The number of hydrogen-bond donors (Lipinski definition) is 2. The van der Waals surface area contributed by atoms with Crippen LogP contribution in [0.25, 0.3) is 0 Å². The molecule has 0 aliphatic rings. The molecule has 0 fully saturated rings. The van der Waals surface area contributed by atoms with Crippen LogP contribution in [0.3, 0.4) is 0 Å². The lowest BCUT2D eigenvalue weighted by Crippen LogP contribution is -2.23. The van der Waals surface area contributed by atoms with Gasteiger partial charge in [-0.15, -0.1) is 13.2 Å². The highest BCUT2D eigenvalue weighted by Gasteiger charge is 2.30. The second-order valence-corrected chi connectivity index (χ2v) is 3.69. The Labute approximate surface area is 114 Å². The molecule has 0 aliphatic heterocycles. The highest BCUT2D eigenvalue weighted by molar-refractivity contribution is 5.84. The molecule has 2 N–H and O–H groups in total. The molecule has 112 valence electrons. The van der Waals surface area contributed by atoms with Gasteiger partial charge in [0.05, 0.1) is 0 Å². The third-order valence-corrected chi connectivity index (χ3v) is 2.10. The van der Waals surface area contributed by atoms with Crippen molar-refractivity contribution in [3.8, 4) is 5.75 Å². The van der Waals surface area contributed by atoms with E-state index in [1.165, 1.54) is 12.1 Å². The smallest absolute Gasteiger partial charge is 0.448 e. The van der Waals surface area contributed by atoms with Gasteiger partial charge < -0.3 is 14.8 Å². The van der Waals surface area contributed by atoms with Gasteiger partial charge in [0, 0.05) is 12.2 Å². The van der Waals surface area contributed by atoms with Crippen molar-refractivity contribution in [2.45, 2.75) is 13.3 Å². The fourth-order valence-corrected chi connectivity index (χ4v) is 1.29. The minimum Gasteiger partial charge on any atom is -0.448 e. The van der Waals surface area contributed by atoms with Crippen molar-refractivity contribution >= 4 is 11.8 Å². The predicted molar refractivity (Wildman–Crippen MR) is 66.6 cm³/mol. The Kier molecular flexibility index (Phi) is 6.10. The molecule has 1 rings (SSSR count). The minimum atomic E-state index is -4.74. The van der Waals surface area contributed by atoms with Crippen LogP contribution in [-0.4, -0.2) is 32.2 Å². The molecule has 0 aliphatic carbocycles.